The van der Waals surface area contributed by atoms with E-state index in [1.54, 1.807) is 0 Å². The maximum absolute atomic E-state index is 10.5. The average molecular weight is 380 g/mol. The molecule has 1 aliphatic rings. The Hall–Kier alpha value is -1.89. The highest BCUT2D eigenvalue weighted by atomic mass is 32.2. The van der Waals surface area contributed by atoms with Crippen molar-refractivity contribution >= 4 is 23.9 Å². The lowest BCUT2D eigenvalue weighted by molar-refractivity contribution is -0.137. The van der Waals surface area contributed by atoms with E-state index in [1.807, 2.05) is 0 Å². The van der Waals surface area contributed by atoms with E-state index in [0.717, 1.165) is 17.1 Å². The molecule has 7 heteroatoms. The fourth-order valence-electron chi connectivity index (χ4n) is 3.12. The molecule has 0 aliphatic carbocycles. The highest BCUT2D eigenvalue weighted by molar-refractivity contribution is 7.98. The molecule has 0 bridgehead atoms. The quantitative estimate of drug-likeness (QED) is 0.290. The fourth-order valence-corrected chi connectivity index (χ4v) is 3.97. The summed E-state index contributed by atoms with van der Waals surface area (Å²) in [6.45, 7) is 11.1. The van der Waals surface area contributed by atoms with Crippen LogP contribution in [0.5, 0.6) is 5.75 Å². The topological polar surface area (TPSA) is 96.9 Å². The van der Waals surface area contributed by atoms with E-state index in [-0.39, 0.29) is 12.0 Å². The Morgan fingerprint density at radius 1 is 1.27 bits per heavy atom. The van der Waals surface area contributed by atoms with Crippen molar-refractivity contribution in [3.63, 3.8) is 0 Å². The maximum Gasteiger partial charge on any atom is 0.303 e. The first-order chi connectivity index (χ1) is 12.1. The summed E-state index contributed by atoms with van der Waals surface area (Å²) in [5.41, 5.74) is 10.6. The minimum absolute atomic E-state index is 0.169. The number of fused-ring (bicyclic) bond motifs is 1. The van der Waals surface area contributed by atoms with E-state index in [1.165, 1.54) is 34.2 Å². The van der Waals surface area contributed by atoms with E-state index in [0.29, 0.717) is 25.3 Å². The predicted molar refractivity (Wildman–Crippen MR) is 106 cm³/mol. The van der Waals surface area contributed by atoms with Gasteiger partial charge in [-0.25, -0.2) is 0 Å². The van der Waals surface area contributed by atoms with Crippen LogP contribution in [0.1, 0.15) is 55.4 Å². The molecule has 1 heterocycles. The van der Waals surface area contributed by atoms with Gasteiger partial charge in [-0.05, 0) is 76.1 Å². The highest BCUT2D eigenvalue weighted by Gasteiger charge is 2.34. The van der Waals surface area contributed by atoms with Crippen molar-refractivity contribution in [1.29, 1.82) is 0 Å². The molecule has 0 saturated heterocycles. The highest BCUT2D eigenvalue weighted by Crippen LogP contribution is 2.44. The number of nitrogens with one attached hydrogen (secondary N) is 1. The molecule has 0 radical (unpaired) electrons. The lowest BCUT2D eigenvalue weighted by Gasteiger charge is -2.19. The number of carboxylic acids is 1. The minimum Gasteiger partial charge on any atom is -0.487 e. The lowest BCUT2D eigenvalue weighted by Crippen LogP contribution is -2.26. The summed E-state index contributed by atoms with van der Waals surface area (Å²) < 4.78 is 9.25. The number of nitrogens with zero attached hydrogens (tertiary/aromatic N) is 1. The number of carbonyl (C=O) groups is 1. The molecule has 144 valence electrons. The van der Waals surface area contributed by atoms with Gasteiger partial charge in [0.1, 0.15) is 11.4 Å². The summed E-state index contributed by atoms with van der Waals surface area (Å²) in [6, 6.07) is 0. The second-order valence-corrected chi connectivity index (χ2v) is 8.19. The average Bonchev–Trinajstić information content (AvgIpc) is 2.88. The number of carboxylic acid groups (broad SMARTS) is 1. The number of hydrogen-bond donors (Lipinski definition) is 3. The minimum atomic E-state index is -0.777. The molecule has 0 spiro atoms. The number of benzene rings is 1. The summed E-state index contributed by atoms with van der Waals surface area (Å²) in [5.74, 6) is 0.606. The molecule has 1 aromatic carbocycles. The summed E-state index contributed by atoms with van der Waals surface area (Å²) >= 11 is 1.48. The number of rotatable bonds is 7. The number of nitrogens with two attached hydrogens (primary N) is 1. The first-order valence-corrected chi connectivity index (χ1v) is 9.70. The monoisotopic (exact) mass is 379 g/mol. The van der Waals surface area contributed by atoms with Crippen molar-refractivity contribution in [3.05, 3.63) is 22.3 Å². The molecule has 2 rings (SSSR count). The van der Waals surface area contributed by atoms with Crippen molar-refractivity contribution < 1.29 is 14.6 Å². The SMILES string of the molecule is Cc1c(C)c(SNC(N)=NCCCCC(=O)O)c(C)c2c1OC(C)(C)C2. The third kappa shape index (κ3) is 4.84. The normalized spacial score (nSPS) is 15.5. The van der Waals surface area contributed by atoms with Crippen LogP contribution in [0.3, 0.4) is 0 Å². The Labute approximate surface area is 159 Å². The maximum atomic E-state index is 10.5. The first-order valence-electron chi connectivity index (χ1n) is 8.88. The van der Waals surface area contributed by atoms with Crippen LogP contribution in [-0.4, -0.2) is 29.2 Å². The van der Waals surface area contributed by atoms with Gasteiger partial charge in [0, 0.05) is 29.8 Å². The van der Waals surface area contributed by atoms with Crippen LogP contribution in [0.4, 0.5) is 0 Å². The van der Waals surface area contributed by atoms with Gasteiger partial charge < -0.3 is 15.6 Å². The number of aliphatic carboxylic acids is 1. The zero-order valence-electron chi connectivity index (χ0n) is 16.2. The molecule has 0 aromatic heterocycles. The van der Waals surface area contributed by atoms with Crippen LogP contribution in [-0.2, 0) is 11.2 Å². The van der Waals surface area contributed by atoms with Gasteiger partial charge in [0.05, 0.1) is 0 Å². The molecule has 0 amide bonds. The standard InChI is InChI=1S/C19H29N3O3S/c1-11-12(2)17(13(3)14-10-19(4,5)25-16(11)14)26-22-18(20)21-9-7-6-8-15(23)24/h6-10H2,1-5H3,(H,23,24)(H3,20,21,22). The van der Waals surface area contributed by atoms with E-state index in [4.69, 9.17) is 15.6 Å². The Morgan fingerprint density at radius 2 is 1.96 bits per heavy atom. The third-order valence-electron chi connectivity index (χ3n) is 4.63. The summed E-state index contributed by atoms with van der Waals surface area (Å²) in [5, 5.41) is 8.62. The molecule has 0 saturated carbocycles. The zero-order valence-corrected chi connectivity index (χ0v) is 17.0. The number of hydrogen-bond acceptors (Lipinski definition) is 4. The van der Waals surface area contributed by atoms with Crippen molar-refractivity contribution in [3.8, 4) is 5.75 Å². The largest absolute Gasteiger partial charge is 0.487 e. The molecular formula is C19H29N3O3S. The van der Waals surface area contributed by atoms with Gasteiger partial charge in [0.25, 0.3) is 0 Å². The first kappa shape index (κ1) is 20.4. The summed E-state index contributed by atoms with van der Waals surface area (Å²) in [6.07, 6.45) is 2.39. The van der Waals surface area contributed by atoms with E-state index in [9.17, 15) is 4.79 Å². The van der Waals surface area contributed by atoms with E-state index in [2.05, 4.69) is 44.3 Å². The number of guanidine groups is 1. The van der Waals surface area contributed by atoms with Crippen LogP contribution in [0.2, 0.25) is 0 Å². The Morgan fingerprint density at radius 3 is 2.62 bits per heavy atom. The van der Waals surface area contributed by atoms with Gasteiger partial charge >= 0.3 is 5.97 Å². The van der Waals surface area contributed by atoms with Gasteiger partial charge in [-0.3, -0.25) is 14.5 Å². The number of ether oxygens (including phenoxy) is 1. The van der Waals surface area contributed by atoms with Crippen LogP contribution in [0.15, 0.2) is 9.89 Å². The molecule has 1 aromatic rings. The van der Waals surface area contributed by atoms with Crippen LogP contribution < -0.4 is 15.2 Å². The van der Waals surface area contributed by atoms with Crippen LogP contribution in [0.25, 0.3) is 0 Å². The van der Waals surface area contributed by atoms with Gasteiger partial charge in [-0.2, -0.15) is 0 Å². The Kier molecular flexibility index (Phi) is 6.44. The third-order valence-corrected chi connectivity index (χ3v) is 5.76. The molecule has 0 unspecified atom stereocenters. The summed E-state index contributed by atoms with van der Waals surface area (Å²) in [7, 11) is 0. The van der Waals surface area contributed by atoms with Crippen LogP contribution in [0, 0.1) is 20.8 Å². The van der Waals surface area contributed by atoms with Crippen LogP contribution >= 0.6 is 11.9 Å². The van der Waals surface area contributed by atoms with E-state index < -0.39 is 5.97 Å². The number of unbranched alkanes of at least 4 members (excludes halogenated alkanes) is 1. The van der Waals surface area contributed by atoms with Crippen molar-refractivity contribution in [2.75, 3.05) is 6.54 Å². The molecular weight excluding hydrogens is 350 g/mol. The summed E-state index contributed by atoms with van der Waals surface area (Å²) in [4.78, 5) is 15.9. The van der Waals surface area contributed by atoms with Crippen molar-refractivity contribution in [1.82, 2.24) is 4.72 Å². The molecule has 26 heavy (non-hydrogen) atoms. The number of aliphatic imine (C=N–C) groups is 1. The molecule has 0 fully saturated rings. The molecule has 4 N–H and O–H groups in total. The lowest BCUT2D eigenvalue weighted by atomic mass is 9.94. The second kappa shape index (κ2) is 8.20. The fraction of sp³-hybridized carbons (Fsp3) is 0.579. The van der Waals surface area contributed by atoms with Gasteiger partial charge in [-0.15, -0.1) is 0 Å². The molecule has 6 nitrogen and oxygen atoms in total. The van der Waals surface area contributed by atoms with E-state index >= 15 is 0 Å². The zero-order chi connectivity index (χ0) is 19.5. The van der Waals surface area contributed by atoms with Gasteiger partial charge in [-0.1, -0.05) is 0 Å². The smallest absolute Gasteiger partial charge is 0.303 e. The Bertz CT molecular complexity index is 729. The van der Waals surface area contributed by atoms with Crippen molar-refractivity contribution in [2.24, 2.45) is 10.7 Å². The molecule has 0 atom stereocenters. The van der Waals surface area contributed by atoms with Crippen molar-refractivity contribution in [2.45, 2.75) is 70.8 Å². The Balaban J connectivity index is 2.02. The van der Waals surface area contributed by atoms with Gasteiger partial charge in [0.15, 0.2) is 5.96 Å². The van der Waals surface area contributed by atoms with Gasteiger partial charge in [0.2, 0.25) is 0 Å². The second-order valence-electron chi connectivity index (χ2n) is 7.37. The predicted octanol–water partition coefficient (Wildman–Crippen LogP) is 3.49. The molecule has 1 aliphatic heterocycles.